The highest BCUT2D eigenvalue weighted by Crippen LogP contribution is 2.60. The third-order valence-corrected chi connectivity index (χ3v) is 11.7. The summed E-state index contributed by atoms with van der Waals surface area (Å²) in [5.74, 6) is 3.63. The number of ether oxygens (including phenoxy) is 2. The molecule has 1 aliphatic heterocycles. The second-order valence-corrected chi connectivity index (χ2v) is 14.9. The Hall–Kier alpha value is -7.04. The molecule has 11 rings (SSSR count). The van der Waals surface area contributed by atoms with Gasteiger partial charge in [-0.15, -0.1) is 0 Å². The number of fused-ring (bicyclic) bond motifs is 6. The van der Waals surface area contributed by atoms with Crippen LogP contribution in [0, 0.1) is 5.92 Å². The number of allylic oxidation sites excluding steroid dienone is 4. The fraction of sp³-hybridized carbons (Fsp3) is 0.0769. The van der Waals surface area contributed by atoms with Gasteiger partial charge in [0.1, 0.15) is 0 Å². The molecule has 4 nitrogen and oxygen atoms in total. The molecule has 0 N–H and O–H groups in total. The van der Waals surface area contributed by atoms with E-state index in [1.807, 2.05) is 30.3 Å². The van der Waals surface area contributed by atoms with Crippen molar-refractivity contribution in [3.8, 4) is 56.8 Å². The number of benzene rings is 7. The number of hydrogen-bond acceptors (Lipinski definition) is 4. The first kappa shape index (κ1) is 32.4. The van der Waals surface area contributed by atoms with E-state index in [1.165, 1.54) is 33.4 Å². The predicted octanol–water partition coefficient (Wildman–Crippen LogP) is 13.2. The van der Waals surface area contributed by atoms with Gasteiger partial charge in [-0.25, -0.2) is 9.97 Å². The van der Waals surface area contributed by atoms with E-state index in [0.717, 1.165) is 45.3 Å². The standard InChI is InChI=1S/C52H36N2O2/c1-33-15-8-9-20-38(33)34-27-29-35(30-28-34)49-40-22-11-13-25-45(40)53-51(54-49)41-23-14-26-46-50(41)56-48-32-44-42(31-47(48)55-46)39-21-10-12-24-43(39)52(44,36-16-4-2-5-17-36)37-18-6-3-7-19-37/h2-14,16-33H,15H2,1H3/t33-/m1/s1. The van der Waals surface area contributed by atoms with Crippen LogP contribution < -0.4 is 9.47 Å². The lowest BCUT2D eigenvalue weighted by Gasteiger charge is -2.34. The molecule has 0 saturated heterocycles. The summed E-state index contributed by atoms with van der Waals surface area (Å²) in [4.78, 5) is 10.4. The lowest BCUT2D eigenvalue weighted by atomic mass is 9.67. The van der Waals surface area contributed by atoms with E-state index in [1.54, 1.807) is 0 Å². The summed E-state index contributed by atoms with van der Waals surface area (Å²) in [6.07, 6.45) is 7.69. The molecule has 4 heteroatoms. The van der Waals surface area contributed by atoms with Gasteiger partial charge in [-0.1, -0.05) is 159 Å². The second-order valence-electron chi connectivity index (χ2n) is 14.9. The maximum Gasteiger partial charge on any atom is 0.181 e. The van der Waals surface area contributed by atoms with E-state index in [4.69, 9.17) is 19.4 Å². The van der Waals surface area contributed by atoms with Gasteiger partial charge in [0.05, 0.1) is 22.2 Å². The molecule has 0 fully saturated rings. The molecule has 3 aliphatic rings. The predicted molar refractivity (Wildman–Crippen MR) is 225 cm³/mol. The van der Waals surface area contributed by atoms with Crippen molar-refractivity contribution in [1.29, 1.82) is 0 Å². The molecular formula is C52H36N2O2. The Bertz CT molecular complexity index is 2850. The minimum absolute atomic E-state index is 0.485. The topological polar surface area (TPSA) is 44.2 Å². The van der Waals surface area contributed by atoms with Crippen molar-refractivity contribution in [3.63, 3.8) is 0 Å². The van der Waals surface area contributed by atoms with Crippen molar-refractivity contribution < 1.29 is 9.47 Å². The fourth-order valence-corrected chi connectivity index (χ4v) is 9.08. The number of nitrogens with zero attached hydrogens (tertiary/aromatic N) is 2. The number of hydrogen-bond donors (Lipinski definition) is 0. The van der Waals surface area contributed by atoms with Crippen LogP contribution >= 0.6 is 0 Å². The largest absolute Gasteiger partial charge is 0.449 e. The number of rotatable bonds is 5. The van der Waals surface area contributed by atoms with Crippen molar-refractivity contribution in [2.45, 2.75) is 18.8 Å². The molecule has 2 aliphatic carbocycles. The normalized spacial score (nSPS) is 15.8. The molecule has 1 aromatic heterocycles. The average Bonchev–Trinajstić information content (AvgIpc) is 3.55. The highest BCUT2D eigenvalue weighted by Gasteiger charge is 2.47. The van der Waals surface area contributed by atoms with Gasteiger partial charge in [0.25, 0.3) is 0 Å². The van der Waals surface area contributed by atoms with Crippen LogP contribution in [0.3, 0.4) is 0 Å². The summed E-state index contributed by atoms with van der Waals surface area (Å²) < 4.78 is 13.7. The minimum Gasteiger partial charge on any atom is -0.449 e. The van der Waals surface area contributed by atoms with E-state index < -0.39 is 5.41 Å². The third kappa shape index (κ3) is 4.92. The van der Waals surface area contributed by atoms with Crippen molar-refractivity contribution >= 4 is 16.5 Å². The van der Waals surface area contributed by atoms with Crippen LogP contribution in [-0.2, 0) is 5.41 Å². The molecule has 0 spiro atoms. The van der Waals surface area contributed by atoms with Gasteiger partial charge >= 0.3 is 0 Å². The number of para-hydroxylation sites is 2. The third-order valence-electron chi connectivity index (χ3n) is 11.7. The van der Waals surface area contributed by atoms with Gasteiger partial charge in [0, 0.05) is 10.9 Å². The first-order valence-corrected chi connectivity index (χ1v) is 19.3. The molecule has 0 radical (unpaired) electrons. The molecule has 7 aromatic carbocycles. The summed E-state index contributed by atoms with van der Waals surface area (Å²) in [7, 11) is 0. The van der Waals surface area contributed by atoms with Crippen LogP contribution in [0.1, 0.15) is 41.2 Å². The first-order valence-electron chi connectivity index (χ1n) is 19.3. The molecule has 266 valence electrons. The number of aromatic nitrogens is 2. The van der Waals surface area contributed by atoms with Crippen LogP contribution in [0.15, 0.2) is 182 Å². The van der Waals surface area contributed by atoms with E-state index in [0.29, 0.717) is 34.7 Å². The van der Waals surface area contributed by atoms with Crippen LogP contribution in [0.5, 0.6) is 23.0 Å². The molecular weight excluding hydrogens is 685 g/mol. The van der Waals surface area contributed by atoms with Gasteiger partial charge < -0.3 is 9.47 Å². The monoisotopic (exact) mass is 720 g/mol. The van der Waals surface area contributed by atoms with Crippen LogP contribution in [0.4, 0.5) is 0 Å². The van der Waals surface area contributed by atoms with E-state index in [-0.39, 0.29) is 0 Å². The van der Waals surface area contributed by atoms with Crippen LogP contribution in [0.2, 0.25) is 0 Å². The van der Waals surface area contributed by atoms with Crippen LogP contribution in [-0.4, -0.2) is 9.97 Å². The van der Waals surface area contributed by atoms with Gasteiger partial charge in [-0.05, 0) is 87.2 Å². The lowest BCUT2D eigenvalue weighted by molar-refractivity contribution is 0.360. The zero-order valence-corrected chi connectivity index (χ0v) is 30.8. The molecule has 0 amide bonds. The highest BCUT2D eigenvalue weighted by atomic mass is 16.6. The summed E-state index contributed by atoms with van der Waals surface area (Å²) in [6, 6.07) is 57.6. The Morgan fingerprint density at radius 2 is 1.23 bits per heavy atom. The Morgan fingerprint density at radius 3 is 2.02 bits per heavy atom. The Balaban J connectivity index is 1.05. The van der Waals surface area contributed by atoms with E-state index in [9.17, 15) is 0 Å². The first-order chi connectivity index (χ1) is 27.7. The van der Waals surface area contributed by atoms with Crippen molar-refractivity contribution in [2.24, 2.45) is 5.92 Å². The molecule has 2 heterocycles. The van der Waals surface area contributed by atoms with Crippen molar-refractivity contribution in [2.75, 3.05) is 0 Å². The van der Waals surface area contributed by atoms with Gasteiger partial charge in [-0.3, -0.25) is 0 Å². The lowest BCUT2D eigenvalue weighted by Crippen LogP contribution is -2.28. The SMILES string of the molecule is C[C@@H]1CC=CC=C1c1ccc(-c2nc(-c3cccc4c3Oc3cc5c(cc3O4)-c3ccccc3C5(c3ccccc3)c3ccccc3)nc3ccccc23)cc1. The van der Waals surface area contributed by atoms with Crippen molar-refractivity contribution in [3.05, 3.63) is 210 Å². The summed E-state index contributed by atoms with van der Waals surface area (Å²) in [5.41, 5.74) is 12.7. The molecule has 0 bridgehead atoms. The molecule has 1 atom stereocenters. The molecule has 0 saturated carbocycles. The van der Waals surface area contributed by atoms with E-state index >= 15 is 0 Å². The van der Waals surface area contributed by atoms with Gasteiger partial charge in [0.15, 0.2) is 28.8 Å². The Kier molecular flexibility index (Phi) is 7.39. The minimum atomic E-state index is -0.555. The van der Waals surface area contributed by atoms with Gasteiger partial charge in [-0.2, -0.15) is 0 Å². The maximum atomic E-state index is 6.99. The summed E-state index contributed by atoms with van der Waals surface area (Å²) >= 11 is 0. The second kappa shape index (κ2) is 12.8. The van der Waals surface area contributed by atoms with Crippen molar-refractivity contribution in [1.82, 2.24) is 9.97 Å². The molecule has 0 unspecified atom stereocenters. The van der Waals surface area contributed by atoms with Crippen LogP contribution in [0.25, 0.3) is 50.2 Å². The summed E-state index contributed by atoms with van der Waals surface area (Å²) in [5, 5.41) is 0.998. The Morgan fingerprint density at radius 1 is 0.554 bits per heavy atom. The quantitative estimate of drug-likeness (QED) is 0.178. The average molecular weight is 721 g/mol. The zero-order valence-electron chi connectivity index (χ0n) is 30.8. The molecule has 56 heavy (non-hydrogen) atoms. The maximum absolute atomic E-state index is 6.99. The van der Waals surface area contributed by atoms with Gasteiger partial charge in [0.2, 0.25) is 0 Å². The highest BCUT2D eigenvalue weighted by molar-refractivity contribution is 5.95. The smallest absolute Gasteiger partial charge is 0.181 e. The summed E-state index contributed by atoms with van der Waals surface area (Å²) in [6.45, 7) is 2.29. The Labute approximate surface area is 326 Å². The molecule has 8 aromatic rings. The van der Waals surface area contributed by atoms with E-state index in [2.05, 4.69) is 159 Å². The fourth-order valence-electron chi connectivity index (χ4n) is 9.08. The zero-order chi connectivity index (χ0) is 37.2.